The first-order valence-corrected chi connectivity index (χ1v) is 12.0. The number of carbonyl (C=O) groups is 2. The van der Waals surface area contributed by atoms with Crippen molar-refractivity contribution in [2.75, 3.05) is 16.4 Å². The largest absolute Gasteiger partial charge is 0.325 e. The summed E-state index contributed by atoms with van der Waals surface area (Å²) in [6.07, 6.45) is 0. The number of thiazole rings is 1. The zero-order chi connectivity index (χ0) is 22.7. The Hall–Kier alpha value is -2.87. The molecule has 3 aromatic carbocycles. The summed E-state index contributed by atoms with van der Waals surface area (Å²) in [6.45, 7) is 3.97. The van der Waals surface area contributed by atoms with Gasteiger partial charge >= 0.3 is 0 Å². The van der Waals surface area contributed by atoms with Crippen LogP contribution in [0.15, 0.2) is 65.0 Å². The van der Waals surface area contributed by atoms with Crippen molar-refractivity contribution in [2.45, 2.75) is 18.2 Å². The molecule has 0 radical (unpaired) electrons. The van der Waals surface area contributed by atoms with Crippen LogP contribution in [0.25, 0.3) is 10.2 Å². The van der Waals surface area contributed by atoms with E-state index < -0.39 is 0 Å². The van der Waals surface area contributed by atoms with Gasteiger partial charge in [-0.15, -0.1) is 11.3 Å². The fourth-order valence-corrected chi connectivity index (χ4v) is 5.07. The summed E-state index contributed by atoms with van der Waals surface area (Å²) >= 11 is 8.77. The Kier molecular flexibility index (Phi) is 6.79. The van der Waals surface area contributed by atoms with Gasteiger partial charge in [0.2, 0.25) is 5.91 Å². The van der Waals surface area contributed by atoms with Crippen molar-refractivity contribution in [3.63, 3.8) is 0 Å². The average molecular weight is 482 g/mol. The number of aromatic nitrogens is 1. The van der Waals surface area contributed by atoms with Crippen LogP contribution >= 0.6 is 34.7 Å². The molecule has 2 N–H and O–H groups in total. The Morgan fingerprint density at radius 2 is 1.78 bits per heavy atom. The summed E-state index contributed by atoms with van der Waals surface area (Å²) in [6, 6.07) is 18.3. The molecule has 1 heterocycles. The fourth-order valence-electron chi connectivity index (χ4n) is 3.03. The highest BCUT2D eigenvalue weighted by Gasteiger charge is 2.11. The van der Waals surface area contributed by atoms with Crippen LogP contribution in [0.3, 0.4) is 0 Å². The van der Waals surface area contributed by atoms with E-state index in [1.807, 2.05) is 50.2 Å². The van der Waals surface area contributed by atoms with Crippen LogP contribution in [-0.4, -0.2) is 22.6 Å². The van der Waals surface area contributed by atoms with Crippen molar-refractivity contribution < 1.29 is 9.59 Å². The molecule has 2 amide bonds. The average Bonchev–Trinajstić information content (AvgIpc) is 3.17. The van der Waals surface area contributed by atoms with E-state index in [0.717, 1.165) is 31.4 Å². The van der Waals surface area contributed by atoms with Gasteiger partial charge < -0.3 is 10.6 Å². The van der Waals surface area contributed by atoms with E-state index in [0.29, 0.717) is 16.3 Å². The van der Waals surface area contributed by atoms with E-state index in [4.69, 9.17) is 11.6 Å². The molecule has 162 valence electrons. The van der Waals surface area contributed by atoms with Crippen molar-refractivity contribution in [3.8, 4) is 0 Å². The minimum atomic E-state index is -0.205. The first-order valence-electron chi connectivity index (χ1n) is 9.85. The second-order valence-corrected chi connectivity index (χ2v) is 9.97. The number of carbonyl (C=O) groups excluding carboxylic acids is 2. The number of hydrogen-bond donors (Lipinski definition) is 2. The molecule has 0 bridgehead atoms. The van der Waals surface area contributed by atoms with Gasteiger partial charge in [0.1, 0.15) is 0 Å². The van der Waals surface area contributed by atoms with Gasteiger partial charge in [0.15, 0.2) is 4.34 Å². The second-order valence-electron chi connectivity index (χ2n) is 7.28. The molecular weight excluding hydrogens is 462 g/mol. The lowest BCUT2D eigenvalue weighted by atomic mass is 10.1. The molecule has 32 heavy (non-hydrogen) atoms. The molecule has 5 nitrogen and oxygen atoms in total. The van der Waals surface area contributed by atoms with Crippen LogP contribution in [0.1, 0.15) is 21.5 Å². The molecule has 4 rings (SSSR count). The molecule has 0 aliphatic heterocycles. The molecule has 0 aliphatic carbocycles. The second kappa shape index (κ2) is 9.73. The monoisotopic (exact) mass is 481 g/mol. The summed E-state index contributed by atoms with van der Waals surface area (Å²) in [4.78, 5) is 29.4. The van der Waals surface area contributed by atoms with E-state index in [1.165, 1.54) is 23.1 Å². The zero-order valence-electron chi connectivity index (χ0n) is 17.4. The molecule has 0 unspecified atom stereocenters. The van der Waals surface area contributed by atoms with Gasteiger partial charge in [0.05, 0.1) is 16.0 Å². The summed E-state index contributed by atoms with van der Waals surface area (Å²) in [7, 11) is 0. The quantitative estimate of drug-likeness (QED) is 0.306. The number of anilines is 2. The van der Waals surface area contributed by atoms with Crippen molar-refractivity contribution in [1.29, 1.82) is 0 Å². The summed E-state index contributed by atoms with van der Waals surface area (Å²) in [5.41, 5.74) is 5.01. The van der Waals surface area contributed by atoms with Crippen LogP contribution < -0.4 is 10.6 Å². The van der Waals surface area contributed by atoms with E-state index in [1.54, 1.807) is 24.3 Å². The lowest BCUT2D eigenvalue weighted by molar-refractivity contribution is -0.113. The van der Waals surface area contributed by atoms with Gasteiger partial charge in [0.25, 0.3) is 5.91 Å². The van der Waals surface area contributed by atoms with Crippen LogP contribution in [0.4, 0.5) is 11.4 Å². The molecule has 0 saturated heterocycles. The van der Waals surface area contributed by atoms with Gasteiger partial charge in [-0.1, -0.05) is 35.5 Å². The number of rotatable bonds is 6. The van der Waals surface area contributed by atoms with Gasteiger partial charge in [-0.25, -0.2) is 4.98 Å². The van der Waals surface area contributed by atoms with Crippen molar-refractivity contribution >= 4 is 68.1 Å². The van der Waals surface area contributed by atoms with E-state index in [2.05, 4.69) is 15.6 Å². The van der Waals surface area contributed by atoms with Crippen LogP contribution in [0, 0.1) is 13.8 Å². The lowest BCUT2D eigenvalue weighted by Crippen LogP contribution is -2.14. The Labute approximate surface area is 199 Å². The van der Waals surface area contributed by atoms with Crippen LogP contribution in [0.2, 0.25) is 5.02 Å². The molecule has 4 aromatic rings. The number of nitrogens with zero attached hydrogens (tertiary/aromatic N) is 1. The van der Waals surface area contributed by atoms with Crippen molar-refractivity contribution in [2.24, 2.45) is 0 Å². The Bertz CT molecular complexity index is 1300. The Balaban J connectivity index is 1.39. The summed E-state index contributed by atoms with van der Waals surface area (Å²) in [5, 5.41) is 6.44. The Morgan fingerprint density at radius 3 is 2.56 bits per heavy atom. The van der Waals surface area contributed by atoms with Crippen LogP contribution in [0.5, 0.6) is 0 Å². The first kappa shape index (κ1) is 22.3. The first-order chi connectivity index (χ1) is 15.4. The maximum absolute atomic E-state index is 12.4. The number of aryl methyl sites for hydroxylation is 2. The fraction of sp³-hybridized carbons (Fsp3) is 0.125. The molecule has 0 aliphatic rings. The van der Waals surface area contributed by atoms with Gasteiger partial charge in [-0.3, -0.25) is 9.59 Å². The minimum absolute atomic E-state index is 0.0705. The molecule has 0 atom stereocenters. The van der Waals surface area contributed by atoms with E-state index in [-0.39, 0.29) is 17.6 Å². The SMILES string of the molecule is Cc1ccc(C)c(NC(=O)CSc2nc3ccc(NC(=O)c4ccc(Cl)cc4)cc3s2)c1. The number of halogens is 1. The predicted octanol–water partition coefficient (Wildman–Crippen LogP) is 6.55. The number of hydrogen-bond acceptors (Lipinski definition) is 5. The number of thioether (sulfide) groups is 1. The highest BCUT2D eigenvalue weighted by molar-refractivity contribution is 8.01. The molecule has 0 spiro atoms. The van der Waals surface area contributed by atoms with Crippen LogP contribution in [-0.2, 0) is 4.79 Å². The standard InChI is InChI=1S/C24H20ClN3O2S2/c1-14-3-4-15(2)20(11-14)27-22(29)13-31-24-28-19-10-9-18(12-21(19)32-24)26-23(30)16-5-7-17(25)8-6-16/h3-12H,13H2,1-2H3,(H,26,30)(H,27,29). The van der Waals surface area contributed by atoms with Crippen molar-refractivity contribution in [1.82, 2.24) is 4.98 Å². The smallest absolute Gasteiger partial charge is 0.255 e. The minimum Gasteiger partial charge on any atom is -0.325 e. The third-order valence-electron chi connectivity index (χ3n) is 4.73. The van der Waals surface area contributed by atoms with E-state index >= 15 is 0 Å². The highest BCUT2D eigenvalue weighted by Crippen LogP contribution is 2.31. The molecule has 0 fully saturated rings. The maximum Gasteiger partial charge on any atom is 0.255 e. The third kappa shape index (κ3) is 5.48. The number of nitrogens with one attached hydrogen (secondary N) is 2. The lowest BCUT2D eigenvalue weighted by Gasteiger charge is -2.08. The normalized spacial score (nSPS) is 10.8. The number of benzene rings is 3. The zero-order valence-corrected chi connectivity index (χ0v) is 19.8. The van der Waals surface area contributed by atoms with Gasteiger partial charge in [-0.05, 0) is 73.5 Å². The predicted molar refractivity (Wildman–Crippen MR) is 134 cm³/mol. The molecular formula is C24H20ClN3O2S2. The van der Waals surface area contributed by atoms with Gasteiger partial charge in [-0.2, -0.15) is 0 Å². The number of fused-ring (bicyclic) bond motifs is 1. The maximum atomic E-state index is 12.4. The highest BCUT2D eigenvalue weighted by atomic mass is 35.5. The Morgan fingerprint density at radius 1 is 1.00 bits per heavy atom. The van der Waals surface area contributed by atoms with Crippen molar-refractivity contribution in [3.05, 3.63) is 82.4 Å². The molecule has 8 heteroatoms. The molecule has 0 saturated carbocycles. The van der Waals surface area contributed by atoms with Gasteiger partial charge in [0, 0.05) is 22.0 Å². The summed E-state index contributed by atoms with van der Waals surface area (Å²) < 4.78 is 1.74. The molecule has 1 aromatic heterocycles. The topological polar surface area (TPSA) is 71.1 Å². The van der Waals surface area contributed by atoms with E-state index in [9.17, 15) is 9.59 Å². The summed E-state index contributed by atoms with van der Waals surface area (Å²) in [5.74, 6) is -0.00462. The third-order valence-corrected chi connectivity index (χ3v) is 7.14. The number of amides is 2.